The lowest BCUT2D eigenvalue weighted by Gasteiger charge is -2.10. The van der Waals surface area contributed by atoms with Gasteiger partial charge in [-0.05, 0) is 29.8 Å². The highest BCUT2D eigenvalue weighted by atomic mass is 79.9. The van der Waals surface area contributed by atoms with Crippen LogP contribution in [0.5, 0.6) is 5.75 Å². The summed E-state index contributed by atoms with van der Waals surface area (Å²) in [6, 6.07) is 26.6. The van der Waals surface area contributed by atoms with Crippen LogP contribution in [-0.2, 0) is 0 Å². The van der Waals surface area contributed by atoms with Crippen LogP contribution in [0.1, 0.15) is 15.2 Å². The second-order valence-electron chi connectivity index (χ2n) is 6.95. The van der Waals surface area contributed by atoms with Gasteiger partial charge in [-0.2, -0.15) is 0 Å². The summed E-state index contributed by atoms with van der Waals surface area (Å²) in [7, 11) is 0. The maximum absolute atomic E-state index is 13.1. The molecule has 0 atom stereocenters. The Balaban J connectivity index is 1.77. The Bertz CT molecular complexity index is 1400. The van der Waals surface area contributed by atoms with E-state index in [4.69, 9.17) is 0 Å². The molecule has 1 N–H and O–H groups in total. The molecule has 5 rings (SSSR count). The highest BCUT2D eigenvalue weighted by Gasteiger charge is 2.25. The molecular formula is C25H15BrN2O2S. The molecule has 0 spiro atoms. The fraction of sp³-hybridized carbons (Fsp3) is 0. The molecule has 4 nitrogen and oxygen atoms in total. The Morgan fingerprint density at radius 2 is 1.42 bits per heavy atom. The Morgan fingerprint density at radius 1 is 0.806 bits per heavy atom. The summed E-state index contributed by atoms with van der Waals surface area (Å²) in [5.74, 6) is -0.299. The normalized spacial score (nSPS) is 11.0. The smallest absolute Gasteiger partial charge is 0.206 e. The van der Waals surface area contributed by atoms with Crippen LogP contribution in [0.3, 0.4) is 0 Å². The number of hydrogen-bond donors (Lipinski definition) is 1. The average molecular weight is 487 g/mol. The zero-order chi connectivity index (χ0) is 21.4. The summed E-state index contributed by atoms with van der Waals surface area (Å²) in [6.07, 6.45) is 0. The molecule has 0 unspecified atom stereocenters. The average Bonchev–Trinajstić information content (AvgIpc) is 3.16. The van der Waals surface area contributed by atoms with Crippen molar-refractivity contribution in [3.05, 3.63) is 99.8 Å². The molecule has 5 aromatic rings. The molecule has 0 saturated carbocycles. The van der Waals surface area contributed by atoms with E-state index in [-0.39, 0.29) is 16.4 Å². The molecule has 0 amide bonds. The summed E-state index contributed by atoms with van der Waals surface area (Å²) in [6.45, 7) is 0. The molecule has 0 aliphatic heterocycles. The number of rotatable bonds is 4. The van der Waals surface area contributed by atoms with Gasteiger partial charge in [-0.25, -0.2) is 0 Å². The minimum atomic E-state index is -0.242. The molecule has 150 valence electrons. The lowest BCUT2D eigenvalue weighted by atomic mass is 9.96. The molecule has 0 aliphatic carbocycles. The summed E-state index contributed by atoms with van der Waals surface area (Å²) in [5, 5.41) is 20.6. The van der Waals surface area contributed by atoms with Gasteiger partial charge >= 0.3 is 0 Å². The predicted molar refractivity (Wildman–Crippen MR) is 128 cm³/mol. The largest absolute Gasteiger partial charge is 0.506 e. The molecule has 31 heavy (non-hydrogen) atoms. The first kappa shape index (κ1) is 19.6. The van der Waals surface area contributed by atoms with Crippen molar-refractivity contribution >= 4 is 43.3 Å². The van der Waals surface area contributed by atoms with Crippen LogP contribution >= 0.6 is 27.3 Å². The van der Waals surface area contributed by atoms with E-state index in [2.05, 4.69) is 26.1 Å². The summed E-state index contributed by atoms with van der Waals surface area (Å²) in [4.78, 5) is 13.9. The van der Waals surface area contributed by atoms with Crippen LogP contribution in [0.25, 0.3) is 32.6 Å². The van der Waals surface area contributed by atoms with Crippen molar-refractivity contribution in [3.63, 3.8) is 0 Å². The van der Waals surface area contributed by atoms with Gasteiger partial charge in [0.05, 0.1) is 5.39 Å². The zero-order valence-electron chi connectivity index (χ0n) is 16.1. The third-order valence-corrected chi connectivity index (χ3v) is 6.61. The number of halogens is 1. The van der Waals surface area contributed by atoms with E-state index in [1.807, 2.05) is 60.7 Å². The monoisotopic (exact) mass is 486 g/mol. The fourth-order valence-electron chi connectivity index (χ4n) is 3.54. The van der Waals surface area contributed by atoms with Crippen molar-refractivity contribution in [1.29, 1.82) is 0 Å². The molecule has 0 radical (unpaired) electrons. The third kappa shape index (κ3) is 3.54. The van der Waals surface area contributed by atoms with Crippen LogP contribution in [0.15, 0.2) is 89.4 Å². The minimum absolute atomic E-state index is 0.0566. The van der Waals surface area contributed by atoms with Crippen LogP contribution in [-0.4, -0.2) is 21.1 Å². The SMILES string of the molecule is O=C(c1ccc(Br)cc1)c1sc2nnc(-c3ccccc3)c(-c3ccccc3)c2c1O. The van der Waals surface area contributed by atoms with Crippen molar-refractivity contribution in [1.82, 2.24) is 10.2 Å². The quantitative estimate of drug-likeness (QED) is 0.286. The lowest BCUT2D eigenvalue weighted by Crippen LogP contribution is -1.98. The van der Waals surface area contributed by atoms with Gasteiger partial charge in [0.15, 0.2) is 4.83 Å². The first-order valence-electron chi connectivity index (χ1n) is 9.56. The molecule has 0 bridgehead atoms. The summed E-state index contributed by atoms with van der Waals surface area (Å²) >= 11 is 4.54. The van der Waals surface area contributed by atoms with Gasteiger partial charge in [-0.1, -0.05) is 76.6 Å². The van der Waals surface area contributed by atoms with E-state index in [1.165, 1.54) is 0 Å². The van der Waals surface area contributed by atoms with Crippen LogP contribution in [0.2, 0.25) is 0 Å². The van der Waals surface area contributed by atoms with Gasteiger partial charge < -0.3 is 5.11 Å². The molecule has 3 aromatic carbocycles. The molecule has 0 aliphatic rings. The van der Waals surface area contributed by atoms with Gasteiger partial charge in [-0.3, -0.25) is 4.79 Å². The van der Waals surface area contributed by atoms with E-state index in [9.17, 15) is 9.90 Å². The Kier molecular flexibility index (Phi) is 5.10. The first-order chi connectivity index (χ1) is 15.1. The van der Waals surface area contributed by atoms with E-state index < -0.39 is 0 Å². The minimum Gasteiger partial charge on any atom is -0.506 e. The number of fused-ring (bicyclic) bond motifs is 1. The number of aromatic hydroxyl groups is 1. The Hall–Kier alpha value is -3.35. The number of nitrogens with zero attached hydrogens (tertiary/aromatic N) is 2. The Labute approximate surface area is 191 Å². The van der Waals surface area contributed by atoms with Crippen molar-refractivity contribution in [3.8, 4) is 28.1 Å². The Morgan fingerprint density at radius 3 is 2.06 bits per heavy atom. The van der Waals surface area contributed by atoms with Crippen molar-refractivity contribution in [2.24, 2.45) is 0 Å². The number of thiophene rings is 1. The van der Waals surface area contributed by atoms with Gasteiger partial charge in [0.2, 0.25) is 5.78 Å². The second-order valence-corrected chi connectivity index (χ2v) is 8.87. The second kappa shape index (κ2) is 8.06. The van der Waals surface area contributed by atoms with Crippen molar-refractivity contribution < 1.29 is 9.90 Å². The number of ketones is 1. The van der Waals surface area contributed by atoms with E-state index >= 15 is 0 Å². The fourth-order valence-corrected chi connectivity index (χ4v) is 4.79. The van der Waals surface area contributed by atoms with E-state index in [0.29, 0.717) is 21.5 Å². The molecule has 0 fully saturated rings. The molecule has 6 heteroatoms. The highest BCUT2D eigenvalue weighted by molar-refractivity contribution is 9.10. The third-order valence-electron chi connectivity index (χ3n) is 5.01. The van der Waals surface area contributed by atoms with Gasteiger partial charge in [0.25, 0.3) is 0 Å². The number of aromatic nitrogens is 2. The number of carbonyl (C=O) groups is 1. The van der Waals surface area contributed by atoms with Gasteiger partial charge in [-0.15, -0.1) is 21.5 Å². The molecule has 0 saturated heterocycles. The standard InChI is InChI=1S/C25H15BrN2O2S/c26-18-13-11-17(12-14-18)22(29)24-23(30)20-19(15-7-3-1-4-8-15)21(27-28-25(20)31-24)16-9-5-2-6-10-16/h1-14,30H. The lowest BCUT2D eigenvalue weighted by molar-refractivity contribution is 0.104. The molecular weight excluding hydrogens is 472 g/mol. The maximum atomic E-state index is 13.1. The maximum Gasteiger partial charge on any atom is 0.206 e. The molecule has 2 heterocycles. The number of carbonyl (C=O) groups excluding carboxylic acids is 1. The van der Waals surface area contributed by atoms with Crippen LogP contribution < -0.4 is 0 Å². The molecule has 2 aromatic heterocycles. The van der Waals surface area contributed by atoms with Crippen molar-refractivity contribution in [2.45, 2.75) is 0 Å². The number of benzene rings is 3. The van der Waals surface area contributed by atoms with Crippen LogP contribution in [0, 0.1) is 0 Å². The topological polar surface area (TPSA) is 63.1 Å². The zero-order valence-corrected chi connectivity index (χ0v) is 18.5. The highest BCUT2D eigenvalue weighted by Crippen LogP contribution is 2.45. The summed E-state index contributed by atoms with van der Waals surface area (Å²) < 4.78 is 0.884. The van der Waals surface area contributed by atoms with Crippen LogP contribution in [0.4, 0.5) is 0 Å². The van der Waals surface area contributed by atoms with Gasteiger partial charge in [0.1, 0.15) is 16.3 Å². The predicted octanol–water partition coefficient (Wildman–Crippen LogP) is 6.72. The summed E-state index contributed by atoms with van der Waals surface area (Å²) in [5.41, 5.74) is 3.72. The van der Waals surface area contributed by atoms with Crippen molar-refractivity contribution in [2.75, 3.05) is 0 Å². The number of hydrogen-bond acceptors (Lipinski definition) is 5. The first-order valence-corrected chi connectivity index (χ1v) is 11.2. The van der Waals surface area contributed by atoms with E-state index in [0.717, 1.165) is 32.5 Å². The van der Waals surface area contributed by atoms with Gasteiger partial charge in [0, 0.05) is 21.2 Å². The van der Waals surface area contributed by atoms with E-state index in [1.54, 1.807) is 24.3 Å².